The van der Waals surface area contributed by atoms with Gasteiger partial charge in [0.15, 0.2) is 5.82 Å². The van der Waals surface area contributed by atoms with Crippen molar-refractivity contribution in [3.63, 3.8) is 0 Å². The van der Waals surface area contributed by atoms with Crippen LogP contribution in [-0.4, -0.2) is 89.6 Å². The van der Waals surface area contributed by atoms with Crippen LogP contribution < -0.4 is 24.6 Å². The summed E-state index contributed by atoms with van der Waals surface area (Å²) in [5.41, 5.74) is 4.98. The van der Waals surface area contributed by atoms with Gasteiger partial charge in [-0.25, -0.2) is 14.0 Å². The van der Waals surface area contributed by atoms with Gasteiger partial charge in [0.2, 0.25) is 5.95 Å². The number of nitrogens with zero attached hydrogens (tertiary/aromatic N) is 6. The highest BCUT2D eigenvalue weighted by molar-refractivity contribution is 7.67. The molecule has 2 saturated heterocycles. The van der Waals surface area contributed by atoms with Gasteiger partial charge in [0.25, 0.3) is 0 Å². The molecular formula is C35H41ClN8O4S. The monoisotopic (exact) mass is 704 g/mol. The molecule has 4 aromatic rings. The molecule has 3 heterocycles. The van der Waals surface area contributed by atoms with Crippen LogP contribution in [0, 0.1) is 6.92 Å². The summed E-state index contributed by atoms with van der Waals surface area (Å²) in [6.45, 7) is 7.10. The van der Waals surface area contributed by atoms with E-state index < -0.39 is 0 Å². The van der Waals surface area contributed by atoms with Gasteiger partial charge in [0, 0.05) is 64.1 Å². The van der Waals surface area contributed by atoms with Crippen LogP contribution in [0.4, 0.5) is 34.5 Å². The van der Waals surface area contributed by atoms with E-state index >= 15 is 0 Å². The molecule has 0 spiro atoms. The Kier molecular flexibility index (Phi) is 11.1. The maximum atomic E-state index is 12.5. The number of anilines is 6. The second kappa shape index (κ2) is 15.9. The van der Waals surface area contributed by atoms with Gasteiger partial charge in [-0.1, -0.05) is 41.9 Å². The molecule has 0 atom stereocenters. The molecule has 2 aliphatic heterocycles. The summed E-state index contributed by atoms with van der Waals surface area (Å²) in [7, 11) is 3.38. The largest absolute Gasteiger partial charge is 0.494 e. The van der Waals surface area contributed by atoms with Crippen molar-refractivity contribution in [1.82, 2.24) is 19.9 Å². The standard InChI is InChI=1S/C35H41ClN8O4S/c1-24-21-29(39-35-37-23-27(36)33(40-35)38-28-11-7-8-12-30(28)41(2)49-46)32(47-3)22-31(24)43-15-13-26(14-16-43)42-17-19-44(20-18-42)48-34(45)25-9-5-4-6-10-25/h4-12,21-23,26,49H,13-20H2,1-3H3,(H2,37,38,39,40). The van der Waals surface area contributed by atoms with E-state index in [1.807, 2.05) is 42.5 Å². The van der Waals surface area contributed by atoms with Crippen molar-refractivity contribution in [2.75, 3.05) is 73.3 Å². The molecule has 14 heteroatoms. The Bertz CT molecular complexity index is 1770. The lowest BCUT2D eigenvalue weighted by Gasteiger charge is -2.43. The number of hydrogen-bond donors (Lipinski definition) is 3. The first-order valence-electron chi connectivity index (χ1n) is 16.3. The van der Waals surface area contributed by atoms with Crippen molar-refractivity contribution < 1.29 is 18.6 Å². The van der Waals surface area contributed by atoms with Gasteiger partial charge in [0.05, 0.1) is 35.9 Å². The Morgan fingerprint density at radius 2 is 1.67 bits per heavy atom. The van der Waals surface area contributed by atoms with Crippen LogP contribution >= 0.6 is 11.6 Å². The summed E-state index contributed by atoms with van der Waals surface area (Å²) in [6, 6.07) is 21.2. The number of hydrogen-bond acceptors (Lipinski definition) is 11. The molecular weight excluding hydrogens is 664 g/mol. The minimum absolute atomic E-state index is 0.135. The Morgan fingerprint density at radius 3 is 2.39 bits per heavy atom. The Labute approximate surface area is 295 Å². The normalized spacial score (nSPS) is 15.9. The van der Waals surface area contributed by atoms with E-state index in [0.717, 1.165) is 61.6 Å². The smallest absolute Gasteiger partial charge is 0.357 e. The summed E-state index contributed by atoms with van der Waals surface area (Å²) in [5.74, 6) is 1.13. The van der Waals surface area contributed by atoms with Crippen LogP contribution in [0.3, 0.4) is 0 Å². The SMILES string of the molecule is COc1cc(N2CCC(N3CCN(OC(=O)c4ccccc4)CC3)CC2)c(C)cc1Nc1ncc(Cl)c(Nc2ccccc2N(C)[SH]=O)n1. The number of aromatic nitrogens is 2. The third kappa shape index (κ3) is 8.24. The number of carbonyl (C=O) groups excluding carboxylic acids is 1. The lowest BCUT2D eigenvalue weighted by atomic mass is 10.0. The maximum absolute atomic E-state index is 12.5. The van der Waals surface area contributed by atoms with Gasteiger partial charge >= 0.3 is 5.97 Å². The lowest BCUT2D eigenvalue weighted by Crippen LogP contribution is -2.53. The van der Waals surface area contributed by atoms with Gasteiger partial charge in [-0.05, 0) is 55.7 Å². The number of thiol groups is 1. The molecule has 2 N–H and O–H groups in total. The quantitative estimate of drug-likeness (QED) is 0.170. The Morgan fingerprint density at radius 1 is 0.959 bits per heavy atom. The average molecular weight is 705 g/mol. The zero-order chi connectivity index (χ0) is 34.3. The van der Waals surface area contributed by atoms with Crippen molar-refractivity contribution in [1.29, 1.82) is 0 Å². The molecule has 2 aliphatic rings. The molecule has 2 fully saturated rings. The molecule has 12 nitrogen and oxygen atoms in total. The van der Waals surface area contributed by atoms with Gasteiger partial charge < -0.3 is 25.1 Å². The predicted octanol–water partition coefficient (Wildman–Crippen LogP) is 5.59. The molecule has 258 valence electrons. The minimum Gasteiger partial charge on any atom is -0.494 e. The number of hydroxylamine groups is 2. The first kappa shape index (κ1) is 34.4. The maximum Gasteiger partial charge on any atom is 0.357 e. The Hall–Kier alpha value is -4.43. The molecule has 0 amide bonds. The summed E-state index contributed by atoms with van der Waals surface area (Å²) in [4.78, 5) is 32.1. The molecule has 3 aromatic carbocycles. The molecule has 0 unspecified atom stereocenters. The van der Waals surface area contributed by atoms with Crippen LogP contribution in [0.2, 0.25) is 5.02 Å². The number of aryl methyl sites for hydroxylation is 1. The number of carbonyl (C=O) groups is 1. The first-order valence-corrected chi connectivity index (χ1v) is 17.4. The predicted molar refractivity (Wildman–Crippen MR) is 196 cm³/mol. The summed E-state index contributed by atoms with van der Waals surface area (Å²) < 4.78 is 18.9. The number of nitrogens with one attached hydrogen (secondary N) is 2. The fourth-order valence-corrected chi connectivity index (χ4v) is 6.73. The second-order valence-corrected chi connectivity index (χ2v) is 13.2. The van der Waals surface area contributed by atoms with E-state index in [1.54, 1.807) is 35.7 Å². The number of piperazine rings is 1. The van der Waals surface area contributed by atoms with E-state index in [4.69, 9.17) is 21.2 Å². The van der Waals surface area contributed by atoms with Crippen molar-refractivity contribution in [3.05, 3.63) is 89.1 Å². The van der Waals surface area contributed by atoms with Crippen LogP contribution in [0.5, 0.6) is 5.75 Å². The number of para-hydroxylation sites is 2. The summed E-state index contributed by atoms with van der Waals surface area (Å²) >= 11 is 6.33. The third-order valence-corrected chi connectivity index (χ3v) is 9.69. The highest BCUT2D eigenvalue weighted by Crippen LogP contribution is 2.37. The third-order valence-electron chi connectivity index (χ3n) is 8.95. The minimum atomic E-state index is -0.306. The van der Waals surface area contributed by atoms with Crippen LogP contribution in [0.1, 0.15) is 28.8 Å². The number of methoxy groups -OCH3 is 1. The number of halogens is 1. The van der Waals surface area contributed by atoms with Gasteiger partial charge in [-0.2, -0.15) is 4.98 Å². The van der Waals surface area contributed by atoms with Gasteiger partial charge in [-0.3, -0.25) is 9.21 Å². The highest BCUT2D eigenvalue weighted by Gasteiger charge is 2.29. The topological polar surface area (TPSA) is 115 Å². The van der Waals surface area contributed by atoms with Crippen molar-refractivity contribution in [3.8, 4) is 5.75 Å². The summed E-state index contributed by atoms with van der Waals surface area (Å²) in [5, 5.41) is 8.68. The van der Waals surface area contributed by atoms with Crippen LogP contribution in [0.25, 0.3) is 0 Å². The van der Waals surface area contributed by atoms with Crippen LogP contribution in [-0.2, 0) is 16.7 Å². The molecule has 0 saturated carbocycles. The average Bonchev–Trinajstić information content (AvgIpc) is 3.14. The van der Waals surface area contributed by atoms with E-state index in [2.05, 4.69) is 49.5 Å². The molecule has 6 rings (SSSR count). The number of rotatable bonds is 11. The Balaban J connectivity index is 1.06. The van der Waals surface area contributed by atoms with E-state index in [-0.39, 0.29) is 17.8 Å². The number of piperidine rings is 1. The van der Waals surface area contributed by atoms with Crippen LogP contribution in [0.15, 0.2) is 72.9 Å². The second-order valence-electron chi connectivity index (χ2n) is 12.0. The highest BCUT2D eigenvalue weighted by atomic mass is 35.5. The number of ether oxygens (including phenoxy) is 1. The van der Waals surface area contributed by atoms with E-state index in [0.29, 0.717) is 52.9 Å². The zero-order valence-corrected chi connectivity index (χ0v) is 29.5. The molecule has 0 aliphatic carbocycles. The van der Waals surface area contributed by atoms with Gasteiger partial charge in [0.1, 0.15) is 22.6 Å². The van der Waals surface area contributed by atoms with Crippen molar-refractivity contribution in [2.24, 2.45) is 0 Å². The number of benzene rings is 3. The van der Waals surface area contributed by atoms with E-state index in [1.165, 1.54) is 6.20 Å². The van der Waals surface area contributed by atoms with Crippen molar-refractivity contribution >= 4 is 63.9 Å². The first-order chi connectivity index (χ1) is 23.8. The van der Waals surface area contributed by atoms with Crippen molar-refractivity contribution in [2.45, 2.75) is 25.8 Å². The van der Waals surface area contributed by atoms with E-state index in [9.17, 15) is 9.00 Å². The van der Waals surface area contributed by atoms with Gasteiger partial charge in [-0.15, -0.1) is 5.06 Å². The molecule has 0 bridgehead atoms. The lowest BCUT2D eigenvalue weighted by molar-refractivity contribution is -0.134. The fraction of sp³-hybridized carbons (Fsp3) is 0.343. The molecule has 0 radical (unpaired) electrons. The zero-order valence-electron chi connectivity index (χ0n) is 27.8. The molecule has 1 aromatic heterocycles. The fourth-order valence-electron chi connectivity index (χ4n) is 6.33. The molecule has 49 heavy (non-hydrogen) atoms. The summed E-state index contributed by atoms with van der Waals surface area (Å²) in [6.07, 6.45) is 3.63.